The predicted octanol–water partition coefficient (Wildman–Crippen LogP) is 1.77. The van der Waals surface area contributed by atoms with Crippen molar-refractivity contribution < 1.29 is 9.90 Å². The highest BCUT2D eigenvalue weighted by Crippen LogP contribution is 2.09. The summed E-state index contributed by atoms with van der Waals surface area (Å²) in [4.78, 5) is 20.2. The molecule has 106 valence electrons. The number of carbonyl (C=O) groups is 1. The molecule has 2 aromatic rings. The fourth-order valence-electron chi connectivity index (χ4n) is 1.67. The molecule has 2 N–H and O–H groups in total. The van der Waals surface area contributed by atoms with Gasteiger partial charge in [-0.1, -0.05) is 11.8 Å². The minimum atomic E-state index is -0.242. The highest BCUT2D eigenvalue weighted by atomic mass is 16.2. The maximum absolute atomic E-state index is 12.1. The quantitative estimate of drug-likeness (QED) is 0.841. The largest absolute Gasteiger partial charge is 0.395 e. The number of aromatic nitrogens is 2. The van der Waals surface area contributed by atoms with E-state index in [9.17, 15) is 4.79 Å². The van der Waals surface area contributed by atoms with Gasteiger partial charge in [0, 0.05) is 35.6 Å². The summed E-state index contributed by atoms with van der Waals surface area (Å²) in [5, 5.41) is 11.4. The maximum Gasteiger partial charge on any atom is 0.256 e. The Morgan fingerprint density at radius 1 is 1.29 bits per heavy atom. The monoisotopic (exact) mass is 281 g/mol. The molecular formula is C16H15N3O2. The second-order valence-corrected chi connectivity index (χ2v) is 4.35. The summed E-state index contributed by atoms with van der Waals surface area (Å²) in [6, 6.07) is 6.79. The standard InChI is InChI=1S/C16H15N3O2/c1-12-10-14(6-8-17-12)16(21)19-15-11-13(5-7-18-15)4-2-3-9-20/h5-8,10-11,20H,3,9H2,1H3,(H,18,19,21). The van der Waals surface area contributed by atoms with Gasteiger partial charge in [0.2, 0.25) is 0 Å². The van der Waals surface area contributed by atoms with Crippen molar-refractivity contribution in [3.63, 3.8) is 0 Å². The lowest BCUT2D eigenvalue weighted by Crippen LogP contribution is -2.13. The Morgan fingerprint density at radius 3 is 2.86 bits per heavy atom. The summed E-state index contributed by atoms with van der Waals surface area (Å²) in [5.74, 6) is 5.91. The number of rotatable bonds is 3. The molecule has 0 aliphatic rings. The Kier molecular flexibility index (Phi) is 5.02. The first-order valence-corrected chi connectivity index (χ1v) is 6.49. The normalized spacial score (nSPS) is 9.62. The molecule has 1 amide bonds. The van der Waals surface area contributed by atoms with Crippen molar-refractivity contribution in [2.24, 2.45) is 0 Å². The van der Waals surface area contributed by atoms with Crippen LogP contribution in [-0.4, -0.2) is 27.6 Å². The molecule has 0 saturated carbocycles. The molecule has 2 rings (SSSR count). The zero-order chi connectivity index (χ0) is 15.1. The Balaban J connectivity index is 2.11. The van der Waals surface area contributed by atoms with Crippen molar-refractivity contribution in [2.75, 3.05) is 11.9 Å². The SMILES string of the molecule is Cc1cc(C(=O)Nc2cc(C#CCCO)ccn2)ccn1. The van der Waals surface area contributed by atoms with Crippen LogP contribution in [0.2, 0.25) is 0 Å². The van der Waals surface area contributed by atoms with Crippen LogP contribution in [0.1, 0.15) is 28.0 Å². The van der Waals surface area contributed by atoms with Gasteiger partial charge in [0.15, 0.2) is 0 Å². The fourth-order valence-corrected chi connectivity index (χ4v) is 1.67. The zero-order valence-electron chi connectivity index (χ0n) is 11.6. The van der Waals surface area contributed by atoms with E-state index in [1.165, 1.54) is 0 Å². The molecule has 0 aromatic carbocycles. The second kappa shape index (κ2) is 7.17. The van der Waals surface area contributed by atoms with E-state index in [1.807, 2.05) is 6.92 Å². The smallest absolute Gasteiger partial charge is 0.256 e. The molecule has 0 spiro atoms. The van der Waals surface area contributed by atoms with Gasteiger partial charge in [-0.25, -0.2) is 4.98 Å². The summed E-state index contributed by atoms with van der Waals surface area (Å²) >= 11 is 0. The Morgan fingerprint density at radius 2 is 2.10 bits per heavy atom. The van der Waals surface area contributed by atoms with E-state index in [0.717, 1.165) is 11.3 Å². The van der Waals surface area contributed by atoms with Crippen molar-refractivity contribution >= 4 is 11.7 Å². The number of amides is 1. The van der Waals surface area contributed by atoms with Crippen LogP contribution in [0.15, 0.2) is 36.7 Å². The van der Waals surface area contributed by atoms with Crippen LogP contribution in [0.3, 0.4) is 0 Å². The van der Waals surface area contributed by atoms with Crippen molar-refractivity contribution in [2.45, 2.75) is 13.3 Å². The fraction of sp³-hybridized carbons (Fsp3) is 0.188. The summed E-state index contributed by atoms with van der Waals surface area (Å²) in [7, 11) is 0. The van der Waals surface area contributed by atoms with E-state index in [4.69, 9.17) is 5.11 Å². The van der Waals surface area contributed by atoms with Crippen LogP contribution < -0.4 is 5.32 Å². The average Bonchev–Trinajstić information content (AvgIpc) is 2.48. The topological polar surface area (TPSA) is 75.1 Å². The van der Waals surface area contributed by atoms with Gasteiger partial charge in [-0.05, 0) is 31.2 Å². The third kappa shape index (κ3) is 4.41. The van der Waals surface area contributed by atoms with Crippen LogP contribution in [0, 0.1) is 18.8 Å². The highest BCUT2D eigenvalue weighted by Gasteiger charge is 2.07. The number of hydrogen-bond acceptors (Lipinski definition) is 4. The molecule has 21 heavy (non-hydrogen) atoms. The summed E-state index contributed by atoms with van der Waals surface area (Å²) in [6.07, 6.45) is 3.59. The molecule has 0 unspecified atom stereocenters. The molecule has 5 heteroatoms. The van der Waals surface area contributed by atoms with E-state index in [1.54, 1.807) is 36.7 Å². The van der Waals surface area contributed by atoms with Gasteiger partial charge >= 0.3 is 0 Å². The van der Waals surface area contributed by atoms with Gasteiger partial charge < -0.3 is 10.4 Å². The lowest BCUT2D eigenvalue weighted by molar-refractivity contribution is 0.102. The third-order valence-corrected chi connectivity index (χ3v) is 2.63. The van der Waals surface area contributed by atoms with Gasteiger partial charge in [0.1, 0.15) is 5.82 Å². The summed E-state index contributed by atoms with van der Waals surface area (Å²) in [6.45, 7) is 1.86. The van der Waals surface area contributed by atoms with Crippen LogP contribution in [0.4, 0.5) is 5.82 Å². The number of aliphatic hydroxyl groups excluding tert-OH is 1. The van der Waals surface area contributed by atoms with Gasteiger partial charge in [-0.15, -0.1) is 0 Å². The Bertz CT molecular complexity index is 702. The number of pyridine rings is 2. The molecule has 0 saturated heterocycles. The molecule has 0 atom stereocenters. The second-order valence-electron chi connectivity index (χ2n) is 4.35. The van der Waals surface area contributed by atoms with E-state index in [2.05, 4.69) is 27.1 Å². The lowest BCUT2D eigenvalue weighted by atomic mass is 10.2. The maximum atomic E-state index is 12.1. The van der Waals surface area contributed by atoms with Gasteiger partial charge in [0.05, 0.1) is 6.61 Å². The summed E-state index contributed by atoms with van der Waals surface area (Å²) in [5.41, 5.74) is 2.04. The molecule has 5 nitrogen and oxygen atoms in total. The van der Waals surface area contributed by atoms with Crippen molar-refractivity contribution in [3.05, 3.63) is 53.5 Å². The number of anilines is 1. The van der Waals surface area contributed by atoms with Gasteiger partial charge in [-0.2, -0.15) is 0 Å². The molecule has 2 heterocycles. The Hall–Kier alpha value is -2.71. The van der Waals surface area contributed by atoms with Crippen molar-refractivity contribution in [3.8, 4) is 11.8 Å². The van der Waals surface area contributed by atoms with Crippen LogP contribution >= 0.6 is 0 Å². The lowest BCUT2D eigenvalue weighted by Gasteiger charge is -2.05. The first-order valence-electron chi connectivity index (χ1n) is 6.49. The third-order valence-electron chi connectivity index (χ3n) is 2.63. The van der Waals surface area contributed by atoms with Crippen molar-refractivity contribution in [1.29, 1.82) is 0 Å². The first kappa shape index (κ1) is 14.7. The molecule has 0 fully saturated rings. The van der Waals surface area contributed by atoms with E-state index < -0.39 is 0 Å². The number of nitrogens with zero attached hydrogens (tertiary/aromatic N) is 2. The number of hydrogen-bond donors (Lipinski definition) is 2. The van der Waals surface area contributed by atoms with E-state index in [0.29, 0.717) is 17.8 Å². The molecule has 0 aliphatic carbocycles. The number of carbonyl (C=O) groups excluding carboxylic acids is 1. The van der Waals surface area contributed by atoms with E-state index in [-0.39, 0.29) is 12.5 Å². The average molecular weight is 281 g/mol. The zero-order valence-corrected chi connectivity index (χ0v) is 11.6. The van der Waals surface area contributed by atoms with Crippen LogP contribution in [0.5, 0.6) is 0 Å². The minimum absolute atomic E-state index is 0.0308. The first-order chi connectivity index (χ1) is 10.2. The number of aryl methyl sites for hydroxylation is 1. The highest BCUT2D eigenvalue weighted by molar-refractivity contribution is 6.03. The van der Waals surface area contributed by atoms with Gasteiger partial charge in [-0.3, -0.25) is 9.78 Å². The van der Waals surface area contributed by atoms with Crippen LogP contribution in [-0.2, 0) is 0 Å². The molecule has 2 aromatic heterocycles. The number of nitrogens with one attached hydrogen (secondary N) is 1. The molecule has 0 aliphatic heterocycles. The van der Waals surface area contributed by atoms with E-state index >= 15 is 0 Å². The molecule has 0 bridgehead atoms. The summed E-state index contributed by atoms with van der Waals surface area (Å²) < 4.78 is 0. The predicted molar refractivity (Wildman–Crippen MR) is 79.7 cm³/mol. The molecular weight excluding hydrogens is 266 g/mol. The van der Waals surface area contributed by atoms with Crippen LogP contribution in [0.25, 0.3) is 0 Å². The van der Waals surface area contributed by atoms with Gasteiger partial charge in [0.25, 0.3) is 5.91 Å². The van der Waals surface area contributed by atoms with Crippen molar-refractivity contribution in [1.82, 2.24) is 9.97 Å². The molecule has 0 radical (unpaired) electrons. The number of aliphatic hydroxyl groups is 1. The Labute approximate surface area is 123 Å². The minimum Gasteiger partial charge on any atom is -0.395 e.